The van der Waals surface area contributed by atoms with Crippen molar-refractivity contribution in [1.29, 1.82) is 0 Å². The smallest absolute Gasteiger partial charge is 0.0901 e. The highest BCUT2D eigenvalue weighted by Gasteiger charge is 2.19. The molecule has 0 radical (unpaired) electrons. The zero-order valence-corrected chi connectivity index (χ0v) is 14.6. The predicted octanol–water partition coefficient (Wildman–Crippen LogP) is 2.57. The van der Waals surface area contributed by atoms with Gasteiger partial charge in [-0.05, 0) is 30.0 Å². The molecular formula is C17H23N3O2S. The third kappa shape index (κ3) is 4.35. The van der Waals surface area contributed by atoms with Crippen LogP contribution < -0.4 is 0 Å². The topological polar surface area (TPSA) is 47.5 Å². The van der Waals surface area contributed by atoms with Gasteiger partial charge in [-0.1, -0.05) is 0 Å². The third-order valence-corrected chi connectivity index (χ3v) is 4.92. The summed E-state index contributed by atoms with van der Waals surface area (Å²) < 4.78 is 11.0. The molecule has 3 rings (SSSR count). The second-order valence-corrected chi connectivity index (χ2v) is 6.87. The molecule has 0 saturated heterocycles. The van der Waals surface area contributed by atoms with Crippen LogP contribution in [0.5, 0.6) is 0 Å². The highest BCUT2D eigenvalue weighted by molar-refractivity contribution is 7.09. The van der Waals surface area contributed by atoms with Gasteiger partial charge in [0.2, 0.25) is 0 Å². The molecule has 2 aromatic rings. The van der Waals surface area contributed by atoms with Crippen LogP contribution in [0, 0.1) is 6.92 Å². The molecule has 0 fully saturated rings. The Morgan fingerprint density at radius 3 is 3.00 bits per heavy atom. The molecule has 124 valence electrons. The zero-order valence-electron chi connectivity index (χ0n) is 13.7. The minimum absolute atomic E-state index is 0.563. The molecule has 0 aliphatic carbocycles. The lowest BCUT2D eigenvalue weighted by Gasteiger charge is -2.29. The van der Waals surface area contributed by atoms with Gasteiger partial charge in [-0.3, -0.25) is 9.88 Å². The van der Waals surface area contributed by atoms with E-state index in [0.717, 1.165) is 43.4 Å². The standard InChI is InChI=1S/C17H23N3O2S/c1-13-19-16(12-23-13)11-22-10-15-8-18-7-14-9-20(5-6-21-2)4-3-17(14)15/h7-8,12H,3-6,9-11H2,1-2H3. The summed E-state index contributed by atoms with van der Waals surface area (Å²) in [6, 6.07) is 0. The van der Waals surface area contributed by atoms with E-state index in [1.165, 1.54) is 16.7 Å². The van der Waals surface area contributed by atoms with Crippen molar-refractivity contribution in [2.75, 3.05) is 26.8 Å². The van der Waals surface area contributed by atoms with Gasteiger partial charge in [-0.2, -0.15) is 0 Å². The average Bonchev–Trinajstić information content (AvgIpc) is 2.98. The van der Waals surface area contributed by atoms with E-state index in [4.69, 9.17) is 9.47 Å². The number of ether oxygens (including phenoxy) is 2. The van der Waals surface area contributed by atoms with Crippen molar-refractivity contribution in [3.05, 3.63) is 45.2 Å². The first-order valence-electron chi connectivity index (χ1n) is 7.91. The number of rotatable bonds is 7. The van der Waals surface area contributed by atoms with Crippen LogP contribution in [0.25, 0.3) is 0 Å². The van der Waals surface area contributed by atoms with E-state index in [1.807, 2.05) is 19.3 Å². The summed E-state index contributed by atoms with van der Waals surface area (Å²) in [6.07, 6.45) is 4.98. The van der Waals surface area contributed by atoms with Crippen LogP contribution in [-0.2, 0) is 35.7 Å². The number of aryl methyl sites for hydroxylation is 1. The largest absolute Gasteiger partial charge is 0.383 e. The number of nitrogens with zero attached hydrogens (tertiary/aromatic N) is 3. The minimum atomic E-state index is 0.563. The average molecular weight is 333 g/mol. The number of fused-ring (bicyclic) bond motifs is 1. The summed E-state index contributed by atoms with van der Waals surface area (Å²) in [5, 5.41) is 3.14. The van der Waals surface area contributed by atoms with Gasteiger partial charge in [0.05, 0.1) is 30.5 Å². The monoisotopic (exact) mass is 333 g/mol. The molecule has 0 bridgehead atoms. The first kappa shape index (κ1) is 16.5. The molecule has 1 aliphatic heterocycles. The molecule has 0 aromatic carbocycles. The lowest BCUT2D eigenvalue weighted by molar-refractivity contribution is 0.103. The molecule has 0 spiro atoms. The van der Waals surface area contributed by atoms with Crippen molar-refractivity contribution >= 4 is 11.3 Å². The molecular weight excluding hydrogens is 310 g/mol. The van der Waals surface area contributed by atoms with Crippen LogP contribution in [-0.4, -0.2) is 41.7 Å². The minimum Gasteiger partial charge on any atom is -0.383 e. The van der Waals surface area contributed by atoms with Crippen LogP contribution in [0.15, 0.2) is 17.8 Å². The molecule has 0 N–H and O–H groups in total. The van der Waals surface area contributed by atoms with Crippen molar-refractivity contribution in [1.82, 2.24) is 14.9 Å². The van der Waals surface area contributed by atoms with Crippen molar-refractivity contribution in [2.45, 2.75) is 33.1 Å². The summed E-state index contributed by atoms with van der Waals surface area (Å²) in [7, 11) is 1.75. The molecule has 3 heterocycles. The number of hydrogen-bond donors (Lipinski definition) is 0. The Bertz CT molecular complexity index is 645. The Labute approximate surface area is 141 Å². The van der Waals surface area contributed by atoms with Crippen LogP contribution in [0.4, 0.5) is 0 Å². The molecule has 0 amide bonds. The molecule has 1 aliphatic rings. The van der Waals surface area contributed by atoms with Crippen LogP contribution >= 0.6 is 11.3 Å². The maximum atomic E-state index is 5.85. The van der Waals surface area contributed by atoms with Crippen LogP contribution in [0.3, 0.4) is 0 Å². The van der Waals surface area contributed by atoms with Crippen LogP contribution in [0.2, 0.25) is 0 Å². The first-order valence-corrected chi connectivity index (χ1v) is 8.79. The Morgan fingerprint density at radius 1 is 1.30 bits per heavy atom. The third-order valence-electron chi connectivity index (χ3n) is 4.09. The van der Waals surface area contributed by atoms with E-state index in [2.05, 4.69) is 20.2 Å². The van der Waals surface area contributed by atoms with E-state index in [0.29, 0.717) is 13.2 Å². The highest BCUT2D eigenvalue weighted by atomic mass is 32.1. The van der Waals surface area contributed by atoms with E-state index in [-0.39, 0.29) is 0 Å². The summed E-state index contributed by atoms with van der Waals surface area (Å²) in [6.45, 7) is 6.95. The maximum absolute atomic E-state index is 5.85. The van der Waals surface area contributed by atoms with Gasteiger partial charge in [-0.15, -0.1) is 11.3 Å². The van der Waals surface area contributed by atoms with Gasteiger partial charge in [0.1, 0.15) is 0 Å². The van der Waals surface area contributed by atoms with E-state index in [1.54, 1.807) is 18.4 Å². The van der Waals surface area contributed by atoms with E-state index >= 15 is 0 Å². The predicted molar refractivity (Wildman–Crippen MR) is 90.4 cm³/mol. The lowest BCUT2D eigenvalue weighted by Crippen LogP contribution is -2.33. The SMILES string of the molecule is COCCN1CCc2c(COCc3csc(C)n3)cncc2C1. The van der Waals surface area contributed by atoms with Crippen molar-refractivity contribution in [3.63, 3.8) is 0 Å². The first-order chi connectivity index (χ1) is 11.3. The Kier molecular flexibility index (Phi) is 5.72. The Balaban J connectivity index is 1.59. The van der Waals surface area contributed by atoms with E-state index in [9.17, 15) is 0 Å². The normalized spacial score (nSPS) is 14.9. The van der Waals surface area contributed by atoms with Gasteiger partial charge < -0.3 is 9.47 Å². The summed E-state index contributed by atoms with van der Waals surface area (Å²) in [4.78, 5) is 11.2. The number of pyridine rings is 1. The molecule has 2 aromatic heterocycles. The number of hydrogen-bond acceptors (Lipinski definition) is 6. The number of thiazole rings is 1. The number of aromatic nitrogens is 2. The number of methoxy groups -OCH3 is 1. The Morgan fingerprint density at radius 2 is 2.22 bits per heavy atom. The maximum Gasteiger partial charge on any atom is 0.0901 e. The fraction of sp³-hybridized carbons (Fsp3) is 0.529. The molecule has 0 atom stereocenters. The van der Waals surface area contributed by atoms with Crippen molar-refractivity contribution < 1.29 is 9.47 Å². The summed E-state index contributed by atoms with van der Waals surface area (Å²) >= 11 is 1.66. The fourth-order valence-electron chi connectivity index (χ4n) is 2.90. The van der Waals surface area contributed by atoms with Gasteiger partial charge in [0.25, 0.3) is 0 Å². The fourth-order valence-corrected chi connectivity index (χ4v) is 3.50. The summed E-state index contributed by atoms with van der Waals surface area (Å²) in [5.41, 5.74) is 4.94. The van der Waals surface area contributed by atoms with Gasteiger partial charge in [-0.25, -0.2) is 4.98 Å². The molecule has 5 nitrogen and oxygen atoms in total. The summed E-state index contributed by atoms with van der Waals surface area (Å²) in [5.74, 6) is 0. The molecule has 0 unspecified atom stereocenters. The second-order valence-electron chi connectivity index (χ2n) is 5.81. The second kappa shape index (κ2) is 7.97. The zero-order chi connectivity index (χ0) is 16.1. The molecule has 0 saturated carbocycles. The molecule has 6 heteroatoms. The van der Waals surface area contributed by atoms with E-state index < -0.39 is 0 Å². The quantitative estimate of drug-likeness (QED) is 0.779. The van der Waals surface area contributed by atoms with Crippen LogP contribution in [0.1, 0.15) is 27.4 Å². The van der Waals surface area contributed by atoms with Crippen molar-refractivity contribution in [2.24, 2.45) is 0 Å². The van der Waals surface area contributed by atoms with Gasteiger partial charge in [0, 0.05) is 44.5 Å². The van der Waals surface area contributed by atoms with Crippen molar-refractivity contribution in [3.8, 4) is 0 Å². The molecule has 23 heavy (non-hydrogen) atoms. The lowest BCUT2D eigenvalue weighted by atomic mass is 9.97. The Hall–Kier alpha value is -1.34. The highest BCUT2D eigenvalue weighted by Crippen LogP contribution is 2.22. The van der Waals surface area contributed by atoms with Gasteiger partial charge >= 0.3 is 0 Å². The van der Waals surface area contributed by atoms with Gasteiger partial charge in [0.15, 0.2) is 0 Å².